The number of anilines is 1. The maximum Gasteiger partial charge on any atom is 0.301 e. The Morgan fingerprint density at radius 3 is 2.51 bits per heavy atom. The monoisotopic (exact) mass is 585 g/mol. The molecular formula is C32H31N3O4S2. The molecule has 1 unspecified atom stereocenters. The second kappa shape index (κ2) is 12.7. The zero-order chi connectivity index (χ0) is 28.9. The van der Waals surface area contributed by atoms with Gasteiger partial charge in [-0.2, -0.15) is 0 Å². The zero-order valence-electron chi connectivity index (χ0n) is 23.1. The number of Topliss-reactive ketones (excluding diaryl/α,β-unsaturated/α-hetero) is 1. The predicted molar refractivity (Wildman–Crippen MR) is 163 cm³/mol. The molecule has 1 aromatic heterocycles. The summed E-state index contributed by atoms with van der Waals surface area (Å²) >= 11 is 2.76. The second-order valence-corrected chi connectivity index (χ2v) is 12.4. The minimum Gasteiger partial charge on any atom is -0.507 e. The van der Waals surface area contributed by atoms with Crippen molar-refractivity contribution >= 4 is 45.7 Å². The van der Waals surface area contributed by atoms with Crippen molar-refractivity contribution < 1.29 is 19.4 Å². The molecule has 7 nitrogen and oxygen atoms in total. The Labute approximate surface area is 247 Å². The highest BCUT2D eigenvalue weighted by Gasteiger charge is 2.48. The number of amides is 1. The fraction of sp³-hybridized carbons (Fsp3) is 0.250. The SMILES string of the molecule is Cc1ccc(C(O)=C2C(=O)C(=O)N(c3nnc(SCc4ccccc4)s3)C2c2cccc(OCCC(C)C)c2)cc1. The number of aryl methyl sites for hydroxylation is 1. The van der Waals surface area contributed by atoms with E-state index in [1.54, 1.807) is 12.1 Å². The molecular weight excluding hydrogens is 555 g/mol. The zero-order valence-corrected chi connectivity index (χ0v) is 24.7. The van der Waals surface area contributed by atoms with E-state index in [1.165, 1.54) is 28.0 Å². The van der Waals surface area contributed by atoms with Gasteiger partial charge in [-0.15, -0.1) is 10.2 Å². The largest absolute Gasteiger partial charge is 0.507 e. The number of aromatic nitrogens is 2. The van der Waals surface area contributed by atoms with E-state index in [2.05, 4.69) is 24.0 Å². The van der Waals surface area contributed by atoms with E-state index in [0.29, 0.717) is 44.6 Å². The van der Waals surface area contributed by atoms with E-state index in [-0.39, 0.29) is 11.3 Å². The third-order valence-corrected chi connectivity index (χ3v) is 8.84. The van der Waals surface area contributed by atoms with Gasteiger partial charge in [0.2, 0.25) is 5.13 Å². The van der Waals surface area contributed by atoms with Gasteiger partial charge in [-0.05, 0) is 42.5 Å². The molecule has 0 bridgehead atoms. The van der Waals surface area contributed by atoms with Gasteiger partial charge < -0.3 is 9.84 Å². The van der Waals surface area contributed by atoms with Gasteiger partial charge in [0.15, 0.2) is 4.34 Å². The van der Waals surface area contributed by atoms with Gasteiger partial charge in [-0.3, -0.25) is 14.5 Å². The number of thioether (sulfide) groups is 1. The standard InChI is InChI=1S/C32H31N3O4S2/c1-20(2)16-17-39-25-11-7-10-24(18-25)27-26(28(36)23-14-12-21(3)13-15-23)29(37)30(38)35(27)31-33-34-32(41-31)40-19-22-8-5-4-6-9-22/h4-15,18,20,27,36H,16-17,19H2,1-3H3. The van der Waals surface area contributed by atoms with Crippen molar-refractivity contribution in [1.82, 2.24) is 10.2 Å². The summed E-state index contributed by atoms with van der Waals surface area (Å²) < 4.78 is 6.66. The summed E-state index contributed by atoms with van der Waals surface area (Å²) in [6, 6.07) is 23.6. The molecule has 4 aromatic rings. The van der Waals surface area contributed by atoms with Crippen molar-refractivity contribution in [3.63, 3.8) is 0 Å². The molecule has 41 heavy (non-hydrogen) atoms. The van der Waals surface area contributed by atoms with Crippen LogP contribution in [-0.4, -0.2) is 33.6 Å². The van der Waals surface area contributed by atoms with Gasteiger partial charge >= 0.3 is 5.91 Å². The Morgan fingerprint density at radius 1 is 1.02 bits per heavy atom. The number of ether oxygens (including phenoxy) is 1. The quantitative estimate of drug-likeness (QED) is 0.0692. The first-order valence-electron chi connectivity index (χ1n) is 13.4. The molecule has 1 N–H and O–H groups in total. The van der Waals surface area contributed by atoms with E-state index >= 15 is 0 Å². The average molecular weight is 586 g/mol. The minimum atomic E-state index is -0.898. The number of benzene rings is 3. The van der Waals surface area contributed by atoms with Gasteiger partial charge in [0.25, 0.3) is 5.78 Å². The third kappa shape index (κ3) is 6.52. The highest BCUT2D eigenvalue weighted by Crippen LogP contribution is 2.44. The van der Waals surface area contributed by atoms with Crippen LogP contribution < -0.4 is 9.64 Å². The van der Waals surface area contributed by atoms with Crippen LogP contribution in [0, 0.1) is 12.8 Å². The van der Waals surface area contributed by atoms with Gasteiger partial charge in [-0.1, -0.05) is 109 Å². The topological polar surface area (TPSA) is 92.6 Å². The van der Waals surface area contributed by atoms with Crippen molar-refractivity contribution in [3.8, 4) is 5.75 Å². The number of hydrogen-bond donors (Lipinski definition) is 1. The second-order valence-electron chi connectivity index (χ2n) is 10.3. The number of carbonyl (C=O) groups is 2. The van der Waals surface area contributed by atoms with Crippen molar-refractivity contribution in [3.05, 3.63) is 107 Å². The molecule has 210 valence electrons. The first kappa shape index (κ1) is 28.6. The first-order chi connectivity index (χ1) is 19.8. The Kier molecular flexibility index (Phi) is 8.85. The Morgan fingerprint density at radius 2 is 1.78 bits per heavy atom. The van der Waals surface area contributed by atoms with Crippen LogP contribution >= 0.6 is 23.1 Å². The normalized spacial score (nSPS) is 16.5. The molecule has 2 heterocycles. The molecule has 1 aliphatic heterocycles. The van der Waals surface area contributed by atoms with Crippen LogP contribution in [0.15, 0.2) is 88.8 Å². The van der Waals surface area contributed by atoms with Crippen molar-refractivity contribution in [2.45, 2.75) is 43.3 Å². The lowest BCUT2D eigenvalue weighted by Crippen LogP contribution is -2.29. The summed E-state index contributed by atoms with van der Waals surface area (Å²) in [5, 5.41) is 20.3. The Balaban J connectivity index is 1.53. The summed E-state index contributed by atoms with van der Waals surface area (Å²) in [5.74, 6) is 0.0520. The molecule has 1 saturated heterocycles. The predicted octanol–water partition coefficient (Wildman–Crippen LogP) is 7.19. The van der Waals surface area contributed by atoms with Crippen LogP contribution in [0.25, 0.3) is 5.76 Å². The molecule has 1 fully saturated rings. The lowest BCUT2D eigenvalue weighted by atomic mass is 9.95. The van der Waals surface area contributed by atoms with Gasteiger partial charge in [0.1, 0.15) is 11.5 Å². The van der Waals surface area contributed by atoms with E-state index < -0.39 is 17.7 Å². The van der Waals surface area contributed by atoms with Gasteiger partial charge in [-0.25, -0.2) is 0 Å². The summed E-state index contributed by atoms with van der Waals surface area (Å²) in [4.78, 5) is 28.4. The molecule has 9 heteroatoms. The van der Waals surface area contributed by atoms with Crippen molar-refractivity contribution in [2.75, 3.05) is 11.5 Å². The molecule has 1 amide bonds. The highest BCUT2D eigenvalue weighted by atomic mass is 32.2. The Bertz CT molecular complexity index is 1570. The number of aliphatic hydroxyl groups excluding tert-OH is 1. The molecule has 5 rings (SSSR count). The van der Waals surface area contributed by atoms with Crippen LogP contribution in [0.2, 0.25) is 0 Å². The third-order valence-electron chi connectivity index (χ3n) is 6.71. The highest BCUT2D eigenvalue weighted by molar-refractivity contribution is 8.00. The molecule has 1 aliphatic rings. The molecule has 0 spiro atoms. The van der Waals surface area contributed by atoms with Gasteiger partial charge in [0.05, 0.1) is 18.2 Å². The smallest absolute Gasteiger partial charge is 0.301 e. The summed E-state index contributed by atoms with van der Waals surface area (Å²) in [5.41, 5.74) is 3.25. The number of aliphatic hydroxyl groups is 1. The first-order valence-corrected chi connectivity index (χ1v) is 15.2. The number of carbonyl (C=O) groups excluding carboxylic acids is 2. The number of nitrogens with zero attached hydrogens (tertiary/aromatic N) is 3. The van der Waals surface area contributed by atoms with E-state index in [4.69, 9.17) is 4.74 Å². The van der Waals surface area contributed by atoms with E-state index in [1.807, 2.05) is 73.7 Å². The molecule has 0 radical (unpaired) electrons. The summed E-state index contributed by atoms with van der Waals surface area (Å²) in [6.07, 6.45) is 0.893. The summed E-state index contributed by atoms with van der Waals surface area (Å²) in [7, 11) is 0. The minimum absolute atomic E-state index is 0.00636. The van der Waals surface area contributed by atoms with Crippen LogP contribution in [-0.2, 0) is 15.3 Å². The van der Waals surface area contributed by atoms with Crippen molar-refractivity contribution in [1.29, 1.82) is 0 Å². The summed E-state index contributed by atoms with van der Waals surface area (Å²) in [6.45, 7) is 6.75. The average Bonchev–Trinajstić information content (AvgIpc) is 3.54. The molecule has 1 atom stereocenters. The van der Waals surface area contributed by atoms with Crippen LogP contribution in [0.5, 0.6) is 5.75 Å². The lowest BCUT2D eigenvalue weighted by Gasteiger charge is -2.23. The number of hydrogen-bond acceptors (Lipinski definition) is 8. The fourth-order valence-corrected chi connectivity index (χ4v) is 6.30. The van der Waals surface area contributed by atoms with Crippen LogP contribution in [0.1, 0.15) is 48.6 Å². The van der Waals surface area contributed by atoms with Crippen LogP contribution in [0.3, 0.4) is 0 Å². The maximum atomic E-state index is 13.5. The maximum absolute atomic E-state index is 13.5. The lowest BCUT2D eigenvalue weighted by molar-refractivity contribution is -0.132. The molecule has 3 aromatic carbocycles. The number of rotatable bonds is 10. The van der Waals surface area contributed by atoms with E-state index in [0.717, 1.165) is 17.5 Å². The number of ketones is 1. The fourth-order valence-electron chi connectivity index (χ4n) is 4.48. The van der Waals surface area contributed by atoms with Crippen molar-refractivity contribution in [2.24, 2.45) is 5.92 Å². The Hall–Kier alpha value is -3.95. The van der Waals surface area contributed by atoms with Crippen LogP contribution in [0.4, 0.5) is 5.13 Å². The van der Waals surface area contributed by atoms with E-state index in [9.17, 15) is 14.7 Å². The van der Waals surface area contributed by atoms with Gasteiger partial charge in [0, 0.05) is 11.3 Å². The molecule has 0 saturated carbocycles. The molecule has 0 aliphatic carbocycles.